The molecule has 2 aromatic rings. The largest absolute Gasteiger partial charge is 0.478 e. The van der Waals surface area contributed by atoms with Crippen molar-refractivity contribution in [3.8, 4) is 0 Å². The van der Waals surface area contributed by atoms with E-state index in [4.69, 9.17) is 5.11 Å². The fraction of sp³-hybridized carbons (Fsp3) is 0.143. The van der Waals surface area contributed by atoms with Crippen LogP contribution in [0.3, 0.4) is 0 Å². The van der Waals surface area contributed by atoms with E-state index >= 15 is 0 Å². The molecule has 110 valence electrons. The van der Waals surface area contributed by atoms with Gasteiger partial charge in [-0.05, 0) is 36.8 Å². The van der Waals surface area contributed by atoms with Crippen LogP contribution in [-0.2, 0) is 9.84 Å². The van der Waals surface area contributed by atoms with Crippen LogP contribution in [0, 0.1) is 6.92 Å². The van der Waals surface area contributed by atoms with Crippen molar-refractivity contribution < 1.29 is 18.3 Å². The number of carboxylic acids is 1. The summed E-state index contributed by atoms with van der Waals surface area (Å²) in [5.41, 5.74) is 1.23. The molecule has 7 heteroatoms. The number of aromatic nitrogens is 1. The number of sulfone groups is 1. The highest BCUT2D eigenvalue weighted by Gasteiger charge is 2.15. The van der Waals surface area contributed by atoms with Crippen LogP contribution in [-0.4, -0.2) is 30.7 Å². The molecule has 1 heterocycles. The topological polar surface area (TPSA) is 96.4 Å². The molecule has 0 amide bonds. The monoisotopic (exact) mass is 306 g/mol. The molecule has 1 aromatic heterocycles. The second kappa shape index (κ2) is 5.53. The van der Waals surface area contributed by atoms with E-state index in [0.717, 1.165) is 6.26 Å². The minimum Gasteiger partial charge on any atom is -0.478 e. The van der Waals surface area contributed by atoms with Crippen molar-refractivity contribution in [1.82, 2.24) is 4.98 Å². The van der Waals surface area contributed by atoms with Gasteiger partial charge in [-0.3, -0.25) is 0 Å². The molecule has 0 spiro atoms. The summed E-state index contributed by atoms with van der Waals surface area (Å²) in [5.74, 6) is -0.874. The minimum absolute atomic E-state index is 0.0578. The highest BCUT2D eigenvalue weighted by Crippen LogP contribution is 2.24. The molecule has 0 saturated heterocycles. The van der Waals surface area contributed by atoms with Gasteiger partial charge in [-0.25, -0.2) is 18.2 Å². The Morgan fingerprint density at radius 1 is 1.29 bits per heavy atom. The third kappa shape index (κ3) is 3.38. The van der Waals surface area contributed by atoms with Gasteiger partial charge in [0, 0.05) is 18.1 Å². The summed E-state index contributed by atoms with van der Waals surface area (Å²) in [5, 5.41) is 11.9. The molecule has 2 N–H and O–H groups in total. The van der Waals surface area contributed by atoms with Crippen LogP contribution in [0.1, 0.15) is 15.9 Å². The maximum absolute atomic E-state index is 11.7. The molecule has 1 aromatic carbocycles. The summed E-state index contributed by atoms with van der Waals surface area (Å²) in [7, 11) is -3.43. The van der Waals surface area contributed by atoms with Crippen LogP contribution in [0.5, 0.6) is 0 Å². The van der Waals surface area contributed by atoms with Crippen molar-refractivity contribution in [3.05, 3.63) is 47.7 Å². The molecule has 21 heavy (non-hydrogen) atoms. The second-order valence-corrected chi connectivity index (χ2v) is 6.57. The molecular formula is C14H14N2O4S. The lowest BCUT2D eigenvalue weighted by molar-refractivity contribution is 0.0696. The van der Waals surface area contributed by atoms with Gasteiger partial charge in [0.15, 0.2) is 9.84 Å². The molecule has 0 atom stereocenters. The van der Waals surface area contributed by atoms with Gasteiger partial charge in [0.1, 0.15) is 10.7 Å². The zero-order valence-corrected chi connectivity index (χ0v) is 12.3. The molecule has 6 nitrogen and oxygen atoms in total. The highest BCUT2D eigenvalue weighted by molar-refractivity contribution is 7.90. The van der Waals surface area contributed by atoms with Gasteiger partial charge < -0.3 is 10.4 Å². The van der Waals surface area contributed by atoms with Gasteiger partial charge in [0.05, 0.1) is 5.56 Å². The Morgan fingerprint density at radius 2 is 2.00 bits per heavy atom. The summed E-state index contributed by atoms with van der Waals surface area (Å²) < 4.78 is 23.4. The maximum Gasteiger partial charge on any atom is 0.336 e. The summed E-state index contributed by atoms with van der Waals surface area (Å²) >= 11 is 0. The maximum atomic E-state index is 11.7. The van der Waals surface area contributed by atoms with Crippen molar-refractivity contribution in [2.75, 3.05) is 11.6 Å². The predicted octanol–water partition coefficient (Wildman–Crippen LogP) is 2.24. The third-order valence-electron chi connectivity index (χ3n) is 2.90. The Kier molecular flexibility index (Phi) is 3.95. The molecule has 2 rings (SSSR count). The smallest absolute Gasteiger partial charge is 0.336 e. The Bertz CT molecular complexity index is 800. The molecule has 0 aliphatic heterocycles. The van der Waals surface area contributed by atoms with Gasteiger partial charge in [-0.1, -0.05) is 6.07 Å². The van der Waals surface area contributed by atoms with Gasteiger partial charge >= 0.3 is 5.97 Å². The third-order valence-corrected chi connectivity index (χ3v) is 4.03. The zero-order chi connectivity index (χ0) is 15.6. The number of nitrogens with zero attached hydrogens (tertiary/aromatic N) is 1. The van der Waals surface area contributed by atoms with E-state index in [9.17, 15) is 13.2 Å². The Hall–Kier alpha value is -2.41. The van der Waals surface area contributed by atoms with Crippen LogP contribution in [0.15, 0.2) is 41.4 Å². The first-order chi connectivity index (χ1) is 9.79. The Labute approximate surface area is 122 Å². The number of rotatable bonds is 4. The summed E-state index contributed by atoms with van der Waals surface area (Å²) in [6.45, 7) is 1.69. The lowest BCUT2D eigenvalue weighted by Gasteiger charge is -2.11. The van der Waals surface area contributed by atoms with E-state index in [-0.39, 0.29) is 16.3 Å². The van der Waals surface area contributed by atoms with Crippen molar-refractivity contribution in [2.24, 2.45) is 0 Å². The molecule has 0 unspecified atom stereocenters. The van der Waals surface area contributed by atoms with E-state index in [0.29, 0.717) is 11.3 Å². The normalized spacial score (nSPS) is 11.1. The fourth-order valence-corrected chi connectivity index (χ4v) is 2.63. The predicted molar refractivity (Wildman–Crippen MR) is 78.8 cm³/mol. The van der Waals surface area contributed by atoms with Gasteiger partial charge in [0.2, 0.25) is 0 Å². The quantitative estimate of drug-likeness (QED) is 0.899. The SMILES string of the molecule is Cc1ccc(Nc2ncccc2S(C)(=O)=O)cc1C(=O)O. The Balaban J connectivity index is 2.45. The highest BCUT2D eigenvalue weighted by atomic mass is 32.2. The number of anilines is 2. The number of carboxylic acid groups (broad SMARTS) is 1. The number of hydrogen-bond donors (Lipinski definition) is 2. The zero-order valence-electron chi connectivity index (χ0n) is 11.5. The average Bonchev–Trinajstić information content (AvgIpc) is 2.40. The fourth-order valence-electron chi connectivity index (χ4n) is 1.85. The van der Waals surface area contributed by atoms with Crippen molar-refractivity contribution >= 4 is 27.3 Å². The first-order valence-corrected chi connectivity index (χ1v) is 7.94. The van der Waals surface area contributed by atoms with Crippen molar-refractivity contribution in [1.29, 1.82) is 0 Å². The number of nitrogens with one attached hydrogen (secondary N) is 1. The number of aromatic carboxylic acids is 1. The average molecular weight is 306 g/mol. The number of carbonyl (C=O) groups is 1. The van der Waals surface area contributed by atoms with Crippen LogP contribution >= 0.6 is 0 Å². The number of pyridine rings is 1. The number of benzene rings is 1. The number of hydrogen-bond acceptors (Lipinski definition) is 5. The summed E-state index contributed by atoms with van der Waals surface area (Å²) in [6, 6.07) is 7.73. The molecule has 0 saturated carbocycles. The second-order valence-electron chi connectivity index (χ2n) is 4.58. The molecule has 0 radical (unpaired) electrons. The lowest BCUT2D eigenvalue weighted by atomic mass is 10.1. The molecular weight excluding hydrogens is 292 g/mol. The van der Waals surface area contributed by atoms with E-state index in [2.05, 4.69) is 10.3 Å². The van der Waals surface area contributed by atoms with Crippen LogP contribution < -0.4 is 5.32 Å². The minimum atomic E-state index is -3.43. The molecule has 0 bridgehead atoms. The number of aryl methyl sites for hydroxylation is 1. The summed E-state index contributed by atoms with van der Waals surface area (Å²) in [4.78, 5) is 15.2. The van der Waals surface area contributed by atoms with Crippen LogP contribution in [0.4, 0.5) is 11.5 Å². The lowest BCUT2D eigenvalue weighted by Crippen LogP contribution is -2.06. The van der Waals surface area contributed by atoms with Crippen LogP contribution in [0.25, 0.3) is 0 Å². The first-order valence-electron chi connectivity index (χ1n) is 6.05. The van der Waals surface area contributed by atoms with E-state index in [1.807, 2.05) is 0 Å². The molecule has 0 aliphatic rings. The van der Waals surface area contributed by atoms with Gasteiger partial charge in [-0.2, -0.15) is 0 Å². The first kappa shape index (κ1) is 15.0. The van der Waals surface area contributed by atoms with Crippen LogP contribution in [0.2, 0.25) is 0 Å². The van der Waals surface area contributed by atoms with Gasteiger partial charge in [0.25, 0.3) is 0 Å². The summed E-state index contributed by atoms with van der Waals surface area (Å²) in [6.07, 6.45) is 2.55. The van der Waals surface area contributed by atoms with Crippen molar-refractivity contribution in [3.63, 3.8) is 0 Å². The van der Waals surface area contributed by atoms with Crippen molar-refractivity contribution in [2.45, 2.75) is 11.8 Å². The molecule has 0 aliphatic carbocycles. The molecule has 0 fully saturated rings. The van der Waals surface area contributed by atoms with E-state index in [1.165, 1.54) is 24.4 Å². The van der Waals surface area contributed by atoms with E-state index < -0.39 is 15.8 Å². The van der Waals surface area contributed by atoms with Gasteiger partial charge in [-0.15, -0.1) is 0 Å². The Morgan fingerprint density at radius 3 is 2.62 bits per heavy atom. The standard InChI is InChI=1S/C14H14N2O4S/c1-9-5-6-10(8-11(9)14(17)18)16-13-12(21(2,19)20)4-3-7-15-13/h3-8H,1-2H3,(H,15,16)(H,17,18). The van der Waals surface area contributed by atoms with E-state index in [1.54, 1.807) is 19.1 Å².